The zero-order valence-electron chi connectivity index (χ0n) is 17.0. The van der Waals surface area contributed by atoms with Gasteiger partial charge in [-0.25, -0.2) is 4.98 Å². The molecule has 4 nitrogen and oxygen atoms in total. The number of benzene rings is 1. The SMILES string of the molecule is O=C(Nc1sc2c(c1[C@H](Nc1ccccn1)c1ccsc1)CCCC2)c1ccccc1. The van der Waals surface area contributed by atoms with Gasteiger partial charge >= 0.3 is 0 Å². The van der Waals surface area contributed by atoms with E-state index in [1.165, 1.54) is 34.4 Å². The molecule has 1 aliphatic rings. The van der Waals surface area contributed by atoms with Crippen molar-refractivity contribution in [3.8, 4) is 0 Å². The molecule has 4 aromatic rings. The summed E-state index contributed by atoms with van der Waals surface area (Å²) >= 11 is 3.42. The number of hydrogen-bond acceptors (Lipinski definition) is 5. The molecule has 1 aromatic carbocycles. The third-order valence-corrected chi connectivity index (χ3v) is 7.52. The van der Waals surface area contributed by atoms with Crippen molar-refractivity contribution in [2.45, 2.75) is 31.7 Å². The summed E-state index contributed by atoms with van der Waals surface area (Å²) in [4.78, 5) is 18.9. The molecule has 0 saturated heterocycles. The molecule has 2 N–H and O–H groups in total. The highest BCUT2D eigenvalue weighted by Gasteiger charge is 2.29. The molecule has 1 atom stereocenters. The average molecular weight is 446 g/mol. The number of nitrogens with zero attached hydrogens (tertiary/aromatic N) is 1. The first-order valence-corrected chi connectivity index (χ1v) is 12.3. The Bertz CT molecular complexity index is 1150. The number of carbonyl (C=O) groups is 1. The highest BCUT2D eigenvalue weighted by atomic mass is 32.1. The van der Waals surface area contributed by atoms with Crippen LogP contribution < -0.4 is 10.6 Å². The molecule has 0 unspecified atom stereocenters. The van der Waals surface area contributed by atoms with Crippen LogP contribution in [0.15, 0.2) is 71.6 Å². The van der Waals surface area contributed by atoms with Crippen molar-refractivity contribution in [3.05, 3.63) is 98.7 Å². The predicted molar refractivity (Wildman–Crippen MR) is 129 cm³/mol. The Morgan fingerprint density at radius 2 is 1.84 bits per heavy atom. The number of fused-ring (bicyclic) bond motifs is 1. The van der Waals surface area contributed by atoms with Gasteiger partial charge in [0.25, 0.3) is 5.91 Å². The minimum absolute atomic E-state index is 0.0645. The van der Waals surface area contributed by atoms with Gasteiger partial charge in [-0.05, 0) is 77.9 Å². The molecule has 0 fully saturated rings. The molecule has 3 heterocycles. The van der Waals surface area contributed by atoms with Crippen molar-refractivity contribution in [2.24, 2.45) is 0 Å². The first kappa shape index (κ1) is 20.0. The van der Waals surface area contributed by atoms with Gasteiger partial charge in [-0.1, -0.05) is 24.3 Å². The van der Waals surface area contributed by atoms with Crippen molar-refractivity contribution < 1.29 is 4.79 Å². The van der Waals surface area contributed by atoms with Gasteiger partial charge in [0.2, 0.25) is 0 Å². The Morgan fingerprint density at radius 1 is 1.00 bits per heavy atom. The van der Waals surface area contributed by atoms with Crippen LogP contribution in [0.2, 0.25) is 0 Å². The number of aromatic nitrogens is 1. The van der Waals surface area contributed by atoms with Crippen LogP contribution >= 0.6 is 22.7 Å². The van der Waals surface area contributed by atoms with E-state index in [-0.39, 0.29) is 11.9 Å². The fourth-order valence-electron chi connectivity index (χ4n) is 4.11. The molecule has 1 amide bonds. The van der Waals surface area contributed by atoms with Gasteiger partial charge in [0.15, 0.2) is 0 Å². The summed E-state index contributed by atoms with van der Waals surface area (Å²) in [7, 11) is 0. The number of carbonyl (C=O) groups excluding carboxylic acids is 1. The van der Waals surface area contributed by atoms with Crippen molar-refractivity contribution in [1.29, 1.82) is 0 Å². The van der Waals surface area contributed by atoms with Crippen molar-refractivity contribution in [3.63, 3.8) is 0 Å². The zero-order valence-corrected chi connectivity index (χ0v) is 18.6. The topological polar surface area (TPSA) is 54.0 Å². The van der Waals surface area contributed by atoms with E-state index in [9.17, 15) is 4.79 Å². The fraction of sp³-hybridized carbons (Fsp3) is 0.200. The van der Waals surface area contributed by atoms with Crippen LogP contribution in [0, 0.1) is 0 Å². The molecule has 1 aliphatic carbocycles. The van der Waals surface area contributed by atoms with Crippen molar-refractivity contribution in [1.82, 2.24) is 4.98 Å². The molecular formula is C25H23N3OS2. The molecule has 0 aliphatic heterocycles. The third kappa shape index (κ3) is 4.27. The van der Waals surface area contributed by atoms with E-state index in [1.54, 1.807) is 28.9 Å². The van der Waals surface area contributed by atoms with Crippen molar-refractivity contribution >= 4 is 39.4 Å². The van der Waals surface area contributed by atoms with Gasteiger partial charge in [-0.15, -0.1) is 11.3 Å². The lowest BCUT2D eigenvalue weighted by Gasteiger charge is -2.23. The maximum Gasteiger partial charge on any atom is 0.256 e. The lowest BCUT2D eigenvalue weighted by molar-refractivity contribution is 0.102. The number of hydrogen-bond donors (Lipinski definition) is 2. The smallest absolute Gasteiger partial charge is 0.256 e. The molecule has 0 spiro atoms. The summed E-state index contributed by atoms with van der Waals surface area (Å²) in [6.07, 6.45) is 6.31. The standard InChI is InChI=1S/C25H23N3OS2/c29-24(17-8-2-1-3-9-17)28-25-22(19-10-4-5-11-20(19)31-25)23(18-13-15-30-16-18)27-21-12-6-7-14-26-21/h1-3,6-9,12-16,23H,4-5,10-11H2,(H,26,27)(H,28,29)/t23-/m1/s1. The fourth-order valence-corrected chi connectivity index (χ4v) is 6.12. The van der Waals surface area contributed by atoms with E-state index in [2.05, 4.69) is 32.4 Å². The molecular weight excluding hydrogens is 422 g/mol. The van der Waals surface area contributed by atoms with E-state index in [1.807, 2.05) is 48.5 Å². The quantitative estimate of drug-likeness (QED) is 0.354. The summed E-state index contributed by atoms with van der Waals surface area (Å²) in [5.41, 5.74) is 4.44. The number of thiophene rings is 2. The normalized spacial score (nSPS) is 13.9. The molecule has 0 saturated carbocycles. The second kappa shape index (κ2) is 9.04. The lowest BCUT2D eigenvalue weighted by Crippen LogP contribution is -2.18. The molecule has 156 valence electrons. The first-order valence-electron chi connectivity index (χ1n) is 10.5. The average Bonchev–Trinajstić information content (AvgIpc) is 3.47. The third-order valence-electron chi connectivity index (χ3n) is 5.60. The molecule has 5 rings (SSSR count). The number of aryl methyl sites for hydroxylation is 1. The van der Waals surface area contributed by atoms with Crippen LogP contribution in [-0.4, -0.2) is 10.9 Å². The number of pyridine rings is 1. The van der Waals surface area contributed by atoms with E-state index in [0.717, 1.165) is 23.7 Å². The van der Waals surface area contributed by atoms with Crippen molar-refractivity contribution in [2.75, 3.05) is 10.6 Å². The van der Waals surface area contributed by atoms with Gasteiger partial charge < -0.3 is 10.6 Å². The summed E-state index contributed by atoms with van der Waals surface area (Å²) in [6, 6.07) is 17.4. The summed E-state index contributed by atoms with van der Waals surface area (Å²) in [6.45, 7) is 0. The van der Waals surface area contributed by atoms with Crippen LogP contribution in [0.1, 0.15) is 50.8 Å². The number of rotatable bonds is 6. The Kier molecular flexibility index (Phi) is 5.82. The largest absolute Gasteiger partial charge is 0.359 e. The Labute approximate surface area is 190 Å². The second-order valence-corrected chi connectivity index (χ2v) is 9.51. The van der Waals surface area contributed by atoms with E-state index in [0.29, 0.717) is 5.56 Å². The maximum absolute atomic E-state index is 13.0. The van der Waals surface area contributed by atoms with E-state index in [4.69, 9.17) is 0 Å². The first-order chi connectivity index (χ1) is 15.3. The molecule has 3 aromatic heterocycles. The number of nitrogens with one attached hydrogen (secondary N) is 2. The van der Waals surface area contributed by atoms with Gasteiger partial charge in [0, 0.05) is 22.2 Å². The van der Waals surface area contributed by atoms with Gasteiger partial charge in [-0.3, -0.25) is 4.79 Å². The highest BCUT2D eigenvalue weighted by molar-refractivity contribution is 7.16. The maximum atomic E-state index is 13.0. The molecule has 0 bridgehead atoms. The molecule has 0 radical (unpaired) electrons. The Morgan fingerprint density at radius 3 is 2.61 bits per heavy atom. The highest BCUT2D eigenvalue weighted by Crippen LogP contribution is 2.44. The number of amides is 1. The van der Waals surface area contributed by atoms with E-state index < -0.39 is 0 Å². The van der Waals surface area contributed by atoms with Gasteiger partial charge in [-0.2, -0.15) is 11.3 Å². The Hall–Kier alpha value is -2.96. The number of anilines is 2. The minimum Gasteiger partial charge on any atom is -0.359 e. The van der Waals surface area contributed by atoms with Crippen LogP contribution in [0.25, 0.3) is 0 Å². The summed E-state index contributed by atoms with van der Waals surface area (Å²) in [5.74, 6) is 0.761. The monoisotopic (exact) mass is 445 g/mol. The van der Waals surface area contributed by atoms with Gasteiger partial charge in [0.1, 0.15) is 10.8 Å². The van der Waals surface area contributed by atoms with Crippen LogP contribution in [0.3, 0.4) is 0 Å². The second-order valence-electron chi connectivity index (χ2n) is 7.62. The summed E-state index contributed by atoms with van der Waals surface area (Å²) < 4.78 is 0. The van der Waals surface area contributed by atoms with Gasteiger partial charge in [0.05, 0.1) is 6.04 Å². The predicted octanol–water partition coefficient (Wildman–Crippen LogP) is 6.54. The van der Waals surface area contributed by atoms with Crippen LogP contribution in [-0.2, 0) is 12.8 Å². The Balaban J connectivity index is 1.58. The molecule has 6 heteroatoms. The molecule has 31 heavy (non-hydrogen) atoms. The van der Waals surface area contributed by atoms with Crippen LogP contribution in [0.5, 0.6) is 0 Å². The zero-order chi connectivity index (χ0) is 21.0. The lowest BCUT2D eigenvalue weighted by atomic mass is 9.90. The summed E-state index contributed by atoms with van der Waals surface area (Å²) in [5, 5.41) is 12.1. The minimum atomic E-state index is -0.0673. The van der Waals surface area contributed by atoms with Crippen LogP contribution in [0.4, 0.5) is 10.8 Å². The van der Waals surface area contributed by atoms with E-state index >= 15 is 0 Å².